The van der Waals surface area contributed by atoms with Crippen molar-refractivity contribution in [1.29, 1.82) is 0 Å². The van der Waals surface area contributed by atoms with Gasteiger partial charge >= 0.3 is 12.1 Å². The largest absolute Gasteiger partial charge is 0.471 e. The van der Waals surface area contributed by atoms with Crippen molar-refractivity contribution in [2.45, 2.75) is 50.9 Å². The third-order valence-corrected chi connectivity index (χ3v) is 5.99. The van der Waals surface area contributed by atoms with Crippen LogP contribution < -0.4 is 11.1 Å². The first-order chi connectivity index (χ1) is 13.1. The van der Waals surface area contributed by atoms with Crippen LogP contribution in [0.1, 0.15) is 37.7 Å². The molecule has 2 bridgehead atoms. The highest BCUT2D eigenvalue weighted by Crippen LogP contribution is 2.42. The molecule has 2 aliphatic carbocycles. The molecule has 1 aromatic rings. The van der Waals surface area contributed by atoms with Crippen molar-refractivity contribution in [3.63, 3.8) is 0 Å². The Morgan fingerprint density at radius 1 is 1.21 bits per heavy atom. The zero-order valence-corrected chi connectivity index (χ0v) is 17.1. The number of hydrogen-bond donors (Lipinski definition) is 2. The van der Waals surface area contributed by atoms with E-state index in [1.54, 1.807) is 24.3 Å². The van der Waals surface area contributed by atoms with Gasteiger partial charge in [0, 0.05) is 31.2 Å². The van der Waals surface area contributed by atoms with Crippen molar-refractivity contribution in [3.05, 3.63) is 29.8 Å². The summed E-state index contributed by atoms with van der Waals surface area (Å²) in [4.78, 5) is 24.6. The van der Waals surface area contributed by atoms with Gasteiger partial charge in [-0.05, 0) is 55.2 Å². The molecule has 0 spiro atoms. The van der Waals surface area contributed by atoms with E-state index in [1.165, 1.54) is 6.42 Å². The van der Waals surface area contributed by atoms with Gasteiger partial charge in [-0.3, -0.25) is 9.59 Å². The Morgan fingerprint density at radius 2 is 1.83 bits per heavy atom. The van der Waals surface area contributed by atoms with E-state index in [4.69, 9.17) is 5.73 Å². The minimum absolute atomic E-state index is 0. The van der Waals surface area contributed by atoms with Crippen LogP contribution in [0.25, 0.3) is 0 Å². The number of carbonyl (C=O) groups is 2. The van der Waals surface area contributed by atoms with E-state index in [1.807, 2.05) is 0 Å². The number of fused-ring (bicyclic) bond motifs is 2. The Bertz CT molecular complexity index is 730. The van der Waals surface area contributed by atoms with Crippen LogP contribution in [0.5, 0.6) is 0 Å². The highest BCUT2D eigenvalue weighted by molar-refractivity contribution is 5.92. The zero-order chi connectivity index (χ0) is 20.5. The van der Waals surface area contributed by atoms with Crippen molar-refractivity contribution in [3.8, 4) is 0 Å². The summed E-state index contributed by atoms with van der Waals surface area (Å²) in [6.07, 6.45) is -0.0327. The van der Waals surface area contributed by atoms with Gasteiger partial charge in [-0.2, -0.15) is 13.2 Å². The summed E-state index contributed by atoms with van der Waals surface area (Å²) in [5.41, 5.74) is 7.31. The van der Waals surface area contributed by atoms with Crippen LogP contribution in [-0.4, -0.2) is 36.0 Å². The lowest BCUT2D eigenvalue weighted by atomic mass is 9.65. The summed E-state index contributed by atoms with van der Waals surface area (Å²) >= 11 is 0. The molecule has 2 unspecified atom stereocenters. The number of anilines is 1. The van der Waals surface area contributed by atoms with Gasteiger partial charge in [0.05, 0.1) is 0 Å². The van der Waals surface area contributed by atoms with Crippen LogP contribution in [0.15, 0.2) is 24.3 Å². The van der Waals surface area contributed by atoms with Crippen LogP contribution in [0.4, 0.5) is 18.9 Å². The average molecular weight is 434 g/mol. The van der Waals surface area contributed by atoms with E-state index in [0.717, 1.165) is 32.7 Å². The Hall–Kier alpha value is -1.80. The number of nitrogens with two attached hydrogens (primary N) is 1. The van der Waals surface area contributed by atoms with E-state index in [-0.39, 0.29) is 36.8 Å². The number of benzene rings is 1. The second-order valence-corrected chi connectivity index (χ2v) is 8.05. The molecule has 0 heterocycles. The van der Waals surface area contributed by atoms with Crippen LogP contribution in [0.3, 0.4) is 0 Å². The van der Waals surface area contributed by atoms with Crippen molar-refractivity contribution >= 4 is 29.9 Å². The molecule has 2 fully saturated rings. The molecule has 2 atom stereocenters. The number of hydrogen-bond acceptors (Lipinski definition) is 3. The summed E-state index contributed by atoms with van der Waals surface area (Å²) < 4.78 is 37.6. The maximum Gasteiger partial charge on any atom is 0.471 e. The van der Waals surface area contributed by atoms with Crippen LogP contribution >= 0.6 is 12.4 Å². The number of halogens is 4. The smallest absolute Gasteiger partial charge is 0.334 e. The topological polar surface area (TPSA) is 75.4 Å². The predicted molar refractivity (Wildman–Crippen MR) is 106 cm³/mol. The Morgan fingerprint density at radius 3 is 2.41 bits per heavy atom. The molecule has 9 heteroatoms. The summed E-state index contributed by atoms with van der Waals surface area (Å²) in [7, 11) is 1.10. The molecule has 2 aliphatic rings. The molecule has 5 nitrogen and oxygen atoms in total. The van der Waals surface area contributed by atoms with Crippen molar-refractivity contribution in [1.82, 2.24) is 4.90 Å². The molecule has 3 N–H and O–H groups in total. The molecule has 2 amide bonds. The maximum atomic E-state index is 12.7. The van der Waals surface area contributed by atoms with Gasteiger partial charge in [0.15, 0.2) is 0 Å². The van der Waals surface area contributed by atoms with Crippen LogP contribution in [0.2, 0.25) is 0 Å². The molecule has 1 aromatic carbocycles. The minimum Gasteiger partial charge on any atom is -0.334 e. The molecule has 3 rings (SSSR count). The second-order valence-electron chi connectivity index (χ2n) is 8.05. The van der Waals surface area contributed by atoms with E-state index in [0.29, 0.717) is 28.0 Å². The first kappa shape index (κ1) is 23.5. The van der Waals surface area contributed by atoms with Crippen LogP contribution in [-0.2, 0) is 16.1 Å². The Labute approximate surface area is 174 Å². The third kappa shape index (κ3) is 5.63. The normalized spacial score (nSPS) is 26.2. The molecular formula is C20H27ClF3N3O2. The molecule has 2 saturated carbocycles. The lowest BCUT2D eigenvalue weighted by Gasteiger charge is -2.43. The van der Waals surface area contributed by atoms with Crippen LogP contribution in [0, 0.1) is 17.8 Å². The zero-order valence-electron chi connectivity index (χ0n) is 16.2. The summed E-state index contributed by atoms with van der Waals surface area (Å²) in [5.74, 6) is -1.28. The number of nitrogens with one attached hydrogen (secondary N) is 1. The van der Waals surface area contributed by atoms with Gasteiger partial charge in [0.2, 0.25) is 5.91 Å². The molecule has 0 aliphatic heterocycles. The second kappa shape index (κ2) is 9.34. The van der Waals surface area contributed by atoms with Gasteiger partial charge < -0.3 is 16.0 Å². The van der Waals surface area contributed by atoms with Gasteiger partial charge in [0.25, 0.3) is 0 Å². The van der Waals surface area contributed by atoms with E-state index in [9.17, 15) is 22.8 Å². The Balaban J connectivity index is 0.00000300. The van der Waals surface area contributed by atoms with E-state index >= 15 is 0 Å². The van der Waals surface area contributed by atoms with Gasteiger partial charge in [-0.1, -0.05) is 18.6 Å². The van der Waals surface area contributed by atoms with Crippen molar-refractivity contribution in [2.75, 3.05) is 12.4 Å². The predicted octanol–water partition coefficient (Wildman–Crippen LogP) is 3.72. The molecule has 29 heavy (non-hydrogen) atoms. The molecular weight excluding hydrogens is 407 g/mol. The highest BCUT2D eigenvalue weighted by Gasteiger charge is 2.41. The Kier molecular flexibility index (Phi) is 7.56. The molecule has 162 valence electrons. The highest BCUT2D eigenvalue weighted by atomic mass is 35.5. The number of alkyl halides is 3. The SMILES string of the molecule is CN(Cc1cccc(NC(=O)C2CC3CCCC(C2)C3N)c1)C(=O)C(F)(F)F.Cl. The maximum absolute atomic E-state index is 12.7. The summed E-state index contributed by atoms with van der Waals surface area (Å²) in [6, 6.07) is 6.76. The monoisotopic (exact) mass is 433 g/mol. The number of rotatable bonds is 4. The quantitative estimate of drug-likeness (QED) is 0.759. The fraction of sp³-hybridized carbons (Fsp3) is 0.600. The first-order valence-corrected chi connectivity index (χ1v) is 9.63. The first-order valence-electron chi connectivity index (χ1n) is 9.63. The lowest BCUT2D eigenvalue weighted by molar-refractivity contribution is -0.184. The van der Waals surface area contributed by atoms with E-state index in [2.05, 4.69) is 5.32 Å². The summed E-state index contributed by atoms with van der Waals surface area (Å²) in [5, 5.41) is 2.88. The fourth-order valence-corrected chi connectivity index (χ4v) is 4.56. The fourth-order valence-electron chi connectivity index (χ4n) is 4.56. The molecule has 0 radical (unpaired) electrons. The van der Waals surface area contributed by atoms with Gasteiger partial charge in [-0.25, -0.2) is 0 Å². The standard InChI is InChI=1S/C20H26F3N3O2.ClH/c1-26(19(28)20(21,22)23)11-12-4-2-7-16(8-12)25-18(27)15-9-13-5-3-6-14(10-15)17(13)24;/h2,4,7-8,13-15,17H,3,5-6,9-11,24H2,1H3,(H,25,27);1H. The van der Waals surface area contributed by atoms with E-state index < -0.39 is 12.1 Å². The number of nitrogens with zero attached hydrogens (tertiary/aromatic N) is 1. The van der Waals surface area contributed by atoms with Crippen molar-refractivity contribution < 1.29 is 22.8 Å². The average Bonchev–Trinajstić information content (AvgIpc) is 2.60. The molecule has 0 aromatic heterocycles. The lowest BCUT2D eigenvalue weighted by Crippen LogP contribution is -2.48. The molecule has 0 saturated heterocycles. The van der Waals surface area contributed by atoms with Crippen molar-refractivity contribution in [2.24, 2.45) is 23.5 Å². The minimum atomic E-state index is -4.90. The van der Waals surface area contributed by atoms with Gasteiger partial charge in [0.1, 0.15) is 0 Å². The third-order valence-electron chi connectivity index (χ3n) is 5.99. The summed E-state index contributed by atoms with van der Waals surface area (Å²) in [6.45, 7) is -0.190. The van der Waals surface area contributed by atoms with Gasteiger partial charge in [-0.15, -0.1) is 12.4 Å². The number of amides is 2. The number of carbonyl (C=O) groups excluding carboxylic acids is 2.